The van der Waals surface area contributed by atoms with Gasteiger partial charge in [0.2, 0.25) is 0 Å². The number of rotatable bonds is 5. The van der Waals surface area contributed by atoms with Crippen LogP contribution in [0.15, 0.2) is 84.9 Å². The third-order valence-corrected chi connectivity index (χ3v) is 8.19. The first-order chi connectivity index (χ1) is 19.3. The van der Waals surface area contributed by atoms with E-state index in [1.165, 1.54) is 89.3 Å². The van der Waals surface area contributed by atoms with Crippen LogP contribution in [0.5, 0.6) is 0 Å². The molecule has 0 aliphatic rings. The van der Waals surface area contributed by atoms with Gasteiger partial charge in [0.05, 0.1) is 19.7 Å². The number of aryl methyl sites for hydroxylation is 8. The van der Waals surface area contributed by atoms with Crippen molar-refractivity contribution in [2.24, 2.45) is 0 Å². The van der Waals surface area contributed by atoms with E-state index in [2.05, 4.69) is 154 Å². The highest BCUT2D eigenvalue weighted by atomic mass is 15.3. The fourth-order valence-corrected chi connectivity index (χ4v) is 6.67. The van der Waals surface area contributed by atoms with Gasteiger partial charge in [0.25, 0.3) is 0 Å². The van der Waals surface area contributed by atoms with Crippen molar-refractivity contribution in [3.8, 4) is 33.4 Å². The molecule has 1 nitrogen and oxygen atoms in total. The molecule has 0 saturated carbocycles. The van der Waals surface area contributed by atoms with E-state index >= 15 is 0 Å². The normalized spacial score (nSPS) is 11.7. The first-order valence-electron chi connectivity index (χ1n) is 14.7. The van der Waals surface area contributed by atoms with E-state index in [0.717, 1.165) is 0 Å². The van der Waals surface area contributed by atoms with Crippen LogP contribution in [0.25, 0.3) is 33.4 Å². The van der Waals surface area contributed by atoms with Gasteiger partial charge in [0.1, 0.15) is 11.4 Å². The van der Waals surface area contributed by atoms with Crippen molar-refractivity contribution < 1.29 is 0 Å². The minimum atomic E-state index is 0.649. The Morgan fingerprint density at radius 3 is 1.12 bits per heavy atom. The van der Waals surface area contributed by atoms with Crippen LogP contribution in [0.4, 0.5) is 11.4 Å². The van der Waals surface area contributed by atoms with Gasteiger partial charge in [-0.05, 0) is 94.8 Å². The summed E-state index contributed by atoms with van der Waals surface area (Å²) >= 11 is 0. The van der Waals surface area contributed by atoms with Crippen LogP contribution in [-0.4, -0.2) is 14.1 Å². The molecule has 0 atom stereocenters. The molecule has 0 saturated heterocycles. The van der Waals surface area contributed by atoms with Crippen LogP contribution in [0.1, 0.15) is 44.5 Å². The molecule has 0 spiro atoms. The molecule has 41 heavy (non-hydrogen) atoms. The van der Waals surface area contributed by atoms with Gasteiger partial charge in [0.15, 0.2) is 0 Å². The zero-order chi connectivity index (χ0) is 29.6. The van der Waals surface area contributed by atoms with Gasteiger partial charge in [-0.25, -0.2) is 0 Å². The Balaban J connectivity index is 1.98. The Kier molecular flexibility index (Phi) is 7.53. The van der Waals surface area contributed by atoms with E-state index in [-0.39, 0.29) is 0 Å². The fourth-order valence-electron chi connectivity index (χ4n) is 6.67. The third-order valence-electron chi connectivity index (χ3n) is 8.19. The van der Waals surface area contributed by atoms with Crippen molar-refractivity contribution in [1.82, 2.24) is 4.48 Å². The molecule has 0 aliphatic heterocycles. The average Bonchev–Trinajstić information content (AvgIpc) is 2.85. The standard InChI is InChI=1S/C40H44N/c1-25-13-26(2)18-33(17-25)37-11-12-38(41(9,10)36-23-31(7)16-32(8)24-36)40(35-21-29(5)15-30(6)22-35)39(37)34-19-27(3)14-28(4)20-34/h11-24H,1-10H3/q+1. The Morgan fingerprint density at radius 1 is 0.366 bits per heavy atom. The van der Waals surface area contributed by atoms with Gasteiger partial charge in [0, 0.05) is 23.8 Å². The molecule has 1 heteroatoms. The Hall–Kier alpha value is -3.94. The molecule has 5 aromatic rings. The van der Waals surface area contributed by atoms with E-state index in [4.69, 9.17) is 0 Å². The second-order valence-corrected chi connectivity index (χ2v) is 12.8. The molecule has 0 fully saturated rings. The van der Waals surface area contributed by atoms with Crippen molar-refractivity contribution in [1.29, 1.82) is 0 Å². The van der Waals surface area contributed by atoms with Gasteiger partial charge in [-0.1, -0.05) is 94.0 Å². The second-order valence-electron chi connectivity index (χ2n) is 12.8. The number of nitrogens with zero attached hydrogens (tertiary/aromatic N) is 1. The molecule has 5 rings (SSSR count). The second kappa shape index (κ2) is 10.8. The van der Waals surface area contributed by atoms with Crippen LogP contribution in [0.2, 0.25) is 0 Å². The molecule has 0 aromatic heterocycles. The summed E-state index contributed by atoms with van der Waals surface area (Å²) in [4.78, 5) is 0. The maximum atomic E-state index is 2.38. The lowest BCUT2D eigenvalue weighted by molar-refractivity contribution is 0.556. The summed E-state index contributed by atoms with van der Waals surface area (Å²) in [5.41, 5.74) is 20.6. The largest absolute Gasteiger partial charge is 0.263 e. The lowest BCUT2D eigenvalue weighted by Crippen LogP contribution is -2.35. The highest BCUT2D eigenvalue weighted by Gasteiger charge is 2.31. The lowest BCUT2D eigenvalue weighted by Gasteiger charge is -2.33. The molecule has 0 radical (unpaired) electrons. The van der Waals surface area contributed by atoms with E-state index in [1.54, 1.807) is 0 Å². The molecule has 0 heterocycles. The highest BCUT2D eigenvalue weighted by molar-refractivity contribution is 6.01. The van der Waals surface area contributed by atoms with E-state index in [9.17, 15) is 0 Å². The number of benzene rings is 5. The molecule has 0 aliphatic carbocycles. The zero-order valence-corrected chi connectivity index (χ0v) is 26.5. The van der Waals surface area contributed by atoms with Crippen molar-refractivity contribution in [2.45, 2.75) is 55.4 Å². The van der Waals surface area contributed by atoms with Gasteiger partial charge in [-0.15, -0.1) is 0 Å². The summed E-state index contributed by atoms with van der Waals surface area (Å²) in [7, 11) is 4.66. The van der Waals surface area contributed by atoms with Crippen molar-refractivity contribution in [2.75, 3.05) is 14.1 Å². The molecule has 0 amide bonds. The molecular formula is C40H44N+. The van der Waals surface area contributed by atoms with Crippen LogP contribution < -0.4 is 4.48 Å². The van der Waals surface area contributed by atoms with Crippen LogP contribution in [0.3, 0.4) is 0 Å². The van der Waals surface area contributed by atoms with Gasteiger partial charge < -0.3 is 0 Å². The molecule has 0 bridgehead atoms. The predicted octanol–water partition coefficient (Wildman–Crippen LogP) is 11.1. The average molecular weight is 539 g/mol. The number of hydrogen-bond donors (Lipinski definition) is 0. The van der Waals surface area contributed by atoms with Crippen LogP contribution >= 0.6 is 0 Å². The lowest BCUT2D eigenvalue weighted by atomic mass is 9.83. The molecular weight excluding hydrogens is 494 g/mol. The minimum Gasteiger partial charge on any atom is -0.263 e. The topological polar surface area (TPSA) is 0 Å². The van der Waals surface area contributed by atoms with Crippen molar-refractivity contribution in [3.63, 3.8) is 0 Å². The summed E-state index contributed by atoms with van der Waals surface area (Å²) in [6.07, 6.45) is 0. The Morgan fingerprint density at radius 2 is 0.707 bits per heavy atom. The summed E-state index contributed by atoms with van der Waals surface area (Å²) in [5.74, 6) is 0. The monoisotopic (exact) mass is 538 g/mol. The number of hydrogen-bond acceptors (Lipinski definition) is 0. The first kappa shape index (κ1) is 28.6. The molecule has 5 aromatic carbocycles. The SMILES string of the molecule is Cc1cc(C)cc(-c2ccc([N+](C)(C)c3cc(C)cc(C)c3)c(-c3cc(C)cc(C)c3)c2-c2cc(C)cc(C)c2)c1. The maximum absolute atomic E-state index is 2.38. The maximum Gasteiger partial charge on any atom is 0.146 e. The third kappa shape index (κ3) is 5.78. The van der Waals surface area contributed by atoms with E-state index < -0.39 is 0 Å². The van der Waals surface area contributed by atoms with Crippen LogP contribution in [0, 0.1) is 55.4 Å². The highest BCUT2D eigenvalue weighted by Crippen LogP contribution is 2.49. The summed E-state index contributed by atoms with van der Waals surface area (Å²) in [6, 6.07) is 32.6. The molecule has 0 unspecified atom stereocenters. The molecule has 0 N–H and O–H groups in total. The van der Waals surface area contributed by atoms with Crippen LogP contribution in [-0.2, 0) is 0 Å². The van der Waals surface area contributed by atoms with Gasteiger partial charge in [-0.3, -0.25) is 4.48 Å². The van der Waals surface area contributed by atoms with E-state index in [0.29, 0.717) is 4.48 Å². The summed E-state index contributed by atoms with van der Waals surface area (Å²) in [5, 5.41) is 0. The summed E-state index contributed by atoms with van der Waals surface area (Å²) < 4.78 is 0.649. The number of quaternary nitrogens is 1. The fraction of sp³-hybridized carbons (Fsp3) is 0.250. The smallest absolute Gasteiger partial charge is 0.146 e. The van der Waals surface area contributed by atoms with Gasteiger partial charge in [-0.2, -0.15) is 0 Å². The minimum absolute atomic E-state index is 0.649. The van der Waals surface area contributed by atoms with Crippen molar-refractivity contribution >= 4 is 11.4 Å². The van der Waals surface area contributed by atoms with Gasteiger partial charge >= 0.3 is 0 Å². The Labute approximate surface area is 247 Å². The molecule has 208 valence electrons. The quantitative estimate of drug-likeness (QED) is 0.195. The van der Waals surface area contributed by atoms with Crippen molar-refractivity contribution in [3.05, 3.63) is 129 Å². The first-order valence-corrected chi connectivity index (χ1v) is 14.7. The zero-order valence-electron chi connectivity index (χ0n) is 26.5. The summed E-state index contributed by atoms with van der Waals surface area (Å²) in [6.45, 7) is 17.6. The Bertz CT molecular complexity index is 1700. The van der Waals surface area contributed by atoms with E-state index in [1.807, 2.05) is 0 Å². The predicted molar refractivity (Wildman–Crippen MR) is 180 cm³/mol.